The molecule has 2 N–H and O–H groups in total. The molecular formula is C12H22N4S. The predicted octanol–water partition coefficient (Wildman–Crippen LogP) is 1.13. The second kappa shape index (κ2) is 5.91. The minimum absolute atomic E-state index is 0.561. The van der Waals surface area contributed by atoms with Gasteiger partial charge in [0.1, 0.15) is 5.01 Å². The maximum Gasteiger partial charge on any atom is 0.106 e. The number of rotatable bonds is 4. The van der Waals surface area contributed by atoms with Gasteiger partial charge in [-0.2, -0.15) is 0 Å². The highest BCUT2D eigenvalue weighted by Gasteiger charge is 2.19. The number of hydrogen-bond acceptors (Lipinski definition) is 5. The lowest BCUT2D eigenvalue weighted by molar-refractivity contribution is 0.103. The Morgan fingerprint density at radius 2 is 2.06 bits per heavy atom. The molecule has 0 bridgehead atoms. The number of hydrogen-bond donors (Lipinski definition) is 1. The Hall–Kier alpha value is -0.490. The van der Waals surface area contributed by atoms with Crippen LogP contribution in [0.15, 0.2) is 5.38 Å². The van der Waals surface area contributed by atoms with Gasteiger partial charge >= 0.3 is 0 Å². The summed E-state index contributed by atoms with van der Waals surface area (Å²) in [6.07, 6.45) is 0. The lowest BCUT2D eigenvalue weighted by Gasteiger charge is -2.36. The van der Waals surface area contributed by atoms with E-state index in [1.165, 1.54) is 18.8 Å². The Bertz CT molecular complexity index is 342. The molecule has 1 aliphatic heterocycles. The largest absolute Gasteiger partial charge is 0.325 e. The van der Waals surface area contributed by atoms with E-state index in [-0.39, 0.29) is 0 Å². The summed E-state index contributed by atoms with van der Waals surface area (Å²) < 4.78 is 0. The lowest BCUT2D eigenvalue weighted by atomic mass is 10.2. The van der Waals surface area contributed by atoms with Crippen molar-refractivity contribution in [1.29, 1.82) is 0 Å². The smallest absolute Gasteiger partial charge is 0.106 e. The molecule has 0 saturated carbocycles. The van der Waals surface area contributed by atoms with Crippen molar-refractivity contribution >= 4 is 11.3 Å². The van der Waals surface area contributed by atoms with E-state index in [4.69, 9.17) is 5.73 Å². The molecule has 0 atom stereocenters. The number of piperazine rings is 1. The van der Waals surface area contributed by atoms with E-state index in [0.717, 1.165) is 24.6 Å². The molecule has 0 aliphatic carbocycles. The summed E-state index contributed by atoms with van der Waals surface area (Å²) in [4.78, 5) is 9.53. The fourth-order valence-electron chi connectivity index (χ4n) is 2.18. The van der Waals surface area contributed by atoms with Crippen molar-refractivity contribution in [2.75, 3.05) is 26.2 Å². The second-order valence-electron chi connectivity index (χ2n) is 4.84. The van der Waals surface area contributed by atoms with E-state index in [9.17, 15) is 0 Å². The molecule has 17 heavy (non-hydrogen) atoms. The molecule has 2 heterocycles. The minimum Gasteiger partial charge on any atom is -0.325 e. The summed E-state index contributed by atoms with van der Waals surface area (Å²) in [7, 11) is 0. The first-order chi connectivity index (χ1) is 8.19. The Morgan fingerprint density at radius 1 is 1.35 bits per heavy atom. The molecule has 0 aromatic carbocycles. The fraction of sp³-hybridized carbons (Fsp3) is 0.750. The summed E-state index contributed by atoms with van der Waals surface area (Å²) in [5, 5.41) is 3.18. The quantitative estimate of drug-likeness (QED) is 0.875. The van der Waals surface area contributed by atoms with E-state index in [1.807, 2.05) is 0 Å². The predicted molar refractivity (Wildman–Crippen MR) is 72.0 cm³/mol. The van der Waals surface area contributed by atoms with Crippen molar-refractivity contribution in [2.45, 2.75) is 33.0 Å². The molecule has 0 amide bonds. The zero-order chi connectivity index (χ0) is 12.3. The van der Waals surface area contributed by atoms with Crippen LogP contribution in [0.1, 0.15) is 24.5 Å². The van der Waals surface area contributed by atoms with Gasteiger partial charge in [-0.25, -0.2) is 4.98 Å². The van der Waals surface area contributed by atoms with Gasteiger partial charge in [-0.05, 0) is 13.8 Å². The number of aromatic nitrogens is 1. The monoisotopic (exact) mass is 254 g/mol. The molecule has 5 heteroatoms. The van der Waals surface area contributed by atoms with Crippen LogP contribution in [0, 0.1) is 0 Å². The molecule has 1 aliphatic rings. The maximum absolute atomic E-state index is 5.58. The van der Waals surface area contributed by atoms with Gasteiger partial charge in [-0.15, -0.1) is 11.3 Å². The Kier molecular flexibility index (Phi) is 4.50. The average Bonchev–Trinajstić information content (AvgIpc) is 2.77. The zero-order valence-corrected chi connectivity index (χ0v) is 11.5. The molecule has 1 fully saturated rings. The van der Waals surface area contributed by atoms with Gasteiger partial charge in [0.2, 0.25) is 0 Å². The first-order valence-electron chi connectivity index (χ1n) is 6.29. The zero-order valence-electron chi connectivity index (χ0n) is 10.7. The van der Waals surface area contributed by atoms with Crippen molar-refractivity contribution in [2.24, 2.45) is 5.73 Å². The Morgan fingerprint density at radius 3 is 2.59 bits per heavy atom. The molecule has 0 radical (unpaired) electrons. The van der Waals surface area contributed by atoms with Crippen molar-refractivity contribution in [1.82, 2.24) is 14.8 Å². The standard InChI is InChI=1S/C12H22N4S/c1-10(2)16-5-3-15(4-6-16)8-11-9-17-12(7-13)14-11/h9-10H,3-8,13H2,1-2H3. The Balaban J connectivity index is 1.81. The van der Waals surface area contributed by atoms with Gasteiger partial charge in [0, 0.05) is 50.7 Å². The van der Waals surface area contributed by atoms with Crippen LogP contribution in [0.2, 0.25) is 0 Å². The summed E-state index contributed by atoms with van der Waals surface area (Å²) in [5.41, 5.74) is 6.75. The normalized spacial score (nSPS) is 19.1. The Labute approximate surface area is 107 Å². The van der Waals surface area contributed by atoms with Gasteiger partial charge in [0.25, 0.3) is 0 Å². The van der Waals surface area contributed by atoms with E-state index in [2.05, 4.69) is 34.0 Å². The van der Waals surface area contributed by atoms with Crippen LogP contribution in [0.4, 0.5) is 0 Å². The molecule has 4 nitrogen and oxygen atoms in total. The summed E-state index contributed by atoms with van der Waals surface area (Å²) >= 11 is 1.67. The highest BCUT2D eigenvalue weighted by atomic mass is 32.1. The SMILES string of the molecule is CC(C)N1CCN(Cc2csc(CN)n2)CC1. The lowest BCUT2D eigenvalue weighted by Crippen LogP contribution is -2.48. The van der Waals surface area contributed by atoms with Gasteiger partial charge in [-0.3, -0.25) is 9.80 Å². The van der Waals surface area contributed by atoms with Gasteiger partial charge in [0.15, 0.2) is 0 Å². The minimum atomic E-state index is 0.561. The van der Waals surface area contributed by atoms with Gasteiger partial charge < -0.3 is 5.73 Å². The van der Waals surface area contributed by atoms with Crippen LogP contribution in [0.5, 0.6) is 0 Å². The van der Waals surface area contributed by atoms with Crippen molar-refractivity contribution in [3.63, 3.8) is 0 Å². The van der Waals surface area contributed by atoms with Gasteiger partial charge in [0.05, 0.1) is 5.69 Å². The maximum atomic E-state index is 5.58. The highest BCUT2D eigenvalue weighted by molar-refractivity contribution is 7.09. The molecule has 1 aromatic heterocycles. The van der Waals surface area contributed by atoms with Crippen molar-refractivity contribution in [3.8, 4) is 0 Å². The third-order valence-corrected chi connectivity index (χ3v) is 4.22. The molecule has 96 valence electrons. The van der Waals surface area contributed by atoms with E-state index in [0.29, 0.717) is 12.6 Å². The van der Waals surface area contributed by atoms with E-state index in [1.54, 1.807) is 11.3 Å². The van der Waals surface area contributed by atoms with Gasteiger partial charge in [-0.1, -0.05) is 0 Å². The highest BCUT2D eigenvalue weighted by Crippen LogP contribution is 2.13. The van der Waals surface area contributed by atoms with Crippen LogP contribution >= 0.6 is 11.3 Å². The van der Waals surface area contributed by atoms with Crippen molar-refractivity contribution < 1.29 is 0 Å². The number of thiazole rings is 1. The molecule has 1 aromatic rings. The summed E-state index contributed by atoms with van der Waals surface area (Å²) in [5.74, 6) is 0. The van der Waals surface area contributed by atoms with E-state index >= 15 is 0 Å². The second-order valence-corrected chi connectivity index (χ2v) is 5.79. The molecule has 0 unspecified atom stereocenters. The third kappa shape index (κ3) is 3.48. The molecular weight excluding hydrogens is 232 g/mol. The van der Waals surface area contributed by atoms with Crippen LogP contribution in [0.25, 0.3) is 0 Å². The summed E-state index contributed by atoms with van der Waals surface area (Å²) in [6, 6.07) is 0.667. The van der Waals surface area contributed by atoms with E-state index < -0.39 is 0 Å². The van der Waals surface area contributed by atoms with Crippen molar-refractivity contribution in [3.05, 3.63) is 16.1 Å². The van der Waals surface area contributed by atoms with Crippen LogP contribution < -0.4 is 5.73 Å². The van der Waals surface area contributed by atoms with Crippen LogP contribution in [-0.4, -0.2) is 47.0 Å². The fourth-order valence-corrected chi connectivity index (χ4v) is 2.85. The summed E-state index contributed by atoms with van der Waals surface area (Å²) in [6.45, 7) is 10.7. The van der Waals surface area contributed by atoms with Crippen LogP contribution in [-0.2, 0) is 13.1 Å². The number of nitrogens with zero attached hydrogens (tertiary/aromatic N) is 3. The van der Waals surface area contributed by atoms with Crippen LogP contribution in [0.3, 0.4) is 0 Å². The molecule has 2 rings (SSSR count). The average molecular weight is 254 g/mol. The first kappa shape index (κ1) is 13.0. The molecule has 0 spiro atoms. The number of nitrogens with two attached hydrogens (primary N) is 1. The molecule has 1 saturated heterocycles. The third-order valence-electron chi connectivity index (χ3n) is 3.30. The first-order valence-corrected chi connectivity index (χ1v) is 7.16. The topological polar surface area (TPSA) is 45.4 Å².